The van der Waals surface area contributed by atoms with Crippen molar-refractivity contribution in [2.24, 2.45) is 0 Å². The Kier molecular flexibility index (Phi) is 2.11. The molecule has 14 heavy (non-hydrogen) atoms. The van der Waals surface area contributed by atoms with E-state index in [1.165, 1.54) is 0 Å². The van der Waals surface area contributed by atoms with Crippen LogP contribution in [-0.2, 0) is 0 Å². The van der Waals surface area contributed by atoms with Gasteiger partial charge in [0.2, 0.25) is 5.15 Å². The summed E-state index contributed by atoms with van der Waals surface area (Å²) >= 11 is 5.71. The molecule has 0 atom stereocenters. The van der Waals surface area contributed by atoms with E-state index in [0.717, 1.165) is 12.8 Å². The quantitative estimate of drug-likeness (QED) is 0.429. The topological polar surface area (TPSA) is 68.9 Å². The van der Waals surface area contributed by atoms with Gasteiger partial charge in [-0.25, -0.2) is 9.97 Å². The molecule has 6 heteroatoms. The molecule has 0 amide bonds. The van der Waals surface area contributed by atoms with Crippen molar-refractivity contribution in [1.82, 2.24) is 9.97 Å². The minimum absolute atomic E-state index is 0.0515. The van der Waals surface area contributed by atoms with E-state index >= 15 is 0 Å². The van der Waals surface area contributed by atoms with Gasteiger partial charge in [-0.3, -0.25) is 10.1 Å². The maximum atomic E-state index is 10.7. The fourth-order valence-corrected chi connectivity index (χ4v) is 1.65. The van der Waals surface area contributed by atoms with Crippen LogP contribution in [0.1, 0.15) is 30.3 Å². The summed E-state index contributed by atoms with van der Waals surface area (Å²) in [6.45, 7) is 1.68. The smallest absolute Gasteiger partial charge is 0.258 e. The first-order valence-electron chi connectivity index (χ1n) is 4.28. The monoisotopic (exact) mass is 213 g/mol. The summed E-state index contributed by atoms with van der Waals surface area (Å²) in [6, 6.07) is 0. The highest BCUT2D eigenvalue weighted by molar-refractivity contribution is 6.31. The fourth-order valence-electron chi connectivity index (χ4n) is 1.36. The molecule has 1 aliphatic rings. The molecule has 1 aromatic rings. The van der Waals surface area contributed by atoms with E-state index in [-0.39, 0.29) is 16.8 Å². The number of rotatable bonds is 2. The van der Waals surface area contributed by atoms with Gasteiger partial charge in [-0.05, 0) is 19.8 Å². The van der Waals surface area contributed by atoms with Crippen LogP contribution in [0.25, 0.3) is 0 Å². The number of hydrogen-bond acceptors (Lipinski definition) is 4. The van der Waals surface area contributed by atoms with Crippen molar-refractivity contribution in [3.05, 3.63) is 26.8 Å². The molecule has 0 radical (unpaired) electrons. The Labute approximate surface area is 85.3 Å². The van der Waals surface area contributed by atoms with Gasteiger partial charge in [-0.15, -0.1) is 0 Å². The van der Waals surface area contributed by atoms with Crippen molar-refractivity contribution in [3.8, 4) is 0 Å². The third kappa shape index (κ3) is 1.55. The van der Waals surface area contributed by atoms with E-state index in [1.807, 2.05) is 0 Å². The van der Waals surface area contributed by atoms with Gasteiger partial charge in [0.1, 0.15) is 11.5 Å². The summed E-state index contributed by atoms with van der Waals surface area (Å²) in [5.74, 6) is 0.692. The van der Waals surface area contributed by atoms with E-state index in [1.54, 1.807) is 6.92 Å². The summed E-state index contributed by atoms with van der Waals surface area (Å²) in [6.07, 6.45) is 1.90. The van der Waals surface area contributed by atoms with Gasteiger partial charge in [0.05, 0.1) is 4.92 Å². The second kappa shape index (κ2) is 3.16. The van der Waals surface area contributed by atoms with Crippen molar-refractivity contribution in [3.63, 3.8) is 0 Å². The number of halogens is 1. The Morgan fingerprint density at radius 2 is 2.14 bits per heavy atom. The highest BCUT2D eigenvalue weighted by Gasteiger charge is 2.34. The highest BCUT2D eigenvalue weighted by Crippen LogP contribution is 2.44. The second-order valence-electron chi connectivity index (χ2n) is 3.33. The van der Waals surface area contributed by atoms with Crippen LogP contribution in [0.5, 0.6) is 0 Å². The van der Waals surface area contributed by atoms with Crippen molar-refractivity contribution in [1.29, 1.82) is 0 Å². The maximum absolute atomic E-state index is 10.7. The van der Waals surface area contributed by atoms with Crippen molar-refractivity contribution in [2.75, 3.05) is 0 Å². The molecule has 0 aliphatic heterocycles. The normalized spacial score (nSPS) is 15.6. The fraction of sp³-hybridized carbons (Fsp3) is 0.500. The highest BCUT2D eigenvalue weighted by atomic mass is 35.5. The van der Waals surface area contributed by atoms with Crippen molar-refractivity contribution < 1.29 is 4.92 Å². The minimum atomic E-state index is -0.505. The molecule has 0 bridgehead atoms. The van der Waals surface area contributed by atoms with Gasteiger partial charge in [0, 0.05) is 5.92 Å². The largest absolute Gasteiger partial charge is 0.328 e. The molecule has 0 unspecified atom stereocenters. The third-order valence-electron chi connectivity index (χ3n) is 2.13. The van der Waals surface area contributed by atoms with Crippen LogP contribution in [-0.4, -0.2) is 14.9 Å². The average molecular weight is 214 g/mol. The average Bonchev–Trinajstić information content (AvgIpc) is 2.82. The number of aryl methyl sites for hydroxylation is 1. The lowest BCUT2D eigenvalue weighted by atomic mass is 10.2. The van der Waals surface area contributed by atoms with Gasteiger partial charge in [-0.2, -0.15) is 0 Å². The van der Waals surface area contributed by atoms with E-state index in [2.05, 4.69) is 9.97 Å². The summed E-state index contributed by atoms with van der Waals surface area (Å²) in [5, 5.41) is 10.7. The van der Waals surface area contributed by atoms with Crippen molar-refractivity contribution in [2.45, 2.75) is 25.7 Å². The predicted octanol–water partition coefficient (Wildman–Crippen LogP) is 2.22. The zero-order valence-electron chi connectivity index (χ0n) is 7.53. The lowest BCUT2D eigenvalue weighted by Crippen LogP contribution is -2.02. The summed E-state index contributed by atoms with van der Waals surface area (Å²) in [7, 11) is 0. The molecular formula is C8H8ClN3O2. The van der Waals surface area contributed by atoms with Crippen LogP contribution < -0.4 is 0 Å². The van der Waals surface area contributed by atoms with E-state index < -0.39 is 4.92 Å². The molecule has 0 N–H and O–H groups in total. The molecule has 0 aromatic carbocycles. The molecule has 1 saturated carbocycles. The molecule has 74 valence electrons. The molecule has 1 aromatic heterocycles. The van der Waals surface area contributed by atoms with Gasteiger partial charge >= 0.3 is 5.69 Å². The minimum Gasteiger partial charge on any atom is -0.258 e. The van der Waals surface area contributed by atoms with E-state index in [9.17, 15) is 10.1 Å². The Morgan fingerprint density at radius 1 is 1.50 bits per heavy atom. The second-order valence-corrected chi connectivity index (χ2v) is 3.68. The van der Waals surface area contributed by atoms with Crippen LogP contribution in [0.4, 0.5) is 5.69 Å². The van der Waals surface area contributed by atoms with E-state index in [4.69, 9.17) is 11.6 Å². The summed E-state index contributed by atoms with van der Waals surface area (Å²) in [4.78, 5) is 18.1. The zero-order valence-corrected chi connectivity index (χ0v) is 8.28. The summed E-state index contributed by atoms with van der Waals surface area (Å²) < 4.78 is 0. The first-order chi connectivity index (χ1) is 6.59. The van der Waals surface area contributed by atoms with E-state index in [0.29, 0.717) is 11.5 Å². The Balaban J connectivity index is 2.58. The Morgan fingerprint density at radius 3 is 2.64 bits per heavy atom. The van der Waals surface area contributed by atoms with Gasteiger partial charge in [-0.1, -0.05) is 11.6 Å². The van der Waals surface area contributed by atoms with Crippen LogP contribution in [0.15, 0.2) is 0 Å². The molecule has 1 heterocycles. The van der Waals surface area contributed by atoms with Gasteiger partial charge < -0.3 is 0 Å². The molecule has 5 nitrogen and oxygen atoms in total. The van der Waals surface area contributed by atoms with Gasteiger partial charge in [0.15, 0.2) is 0 Å². The first-order valence-corrected chi connectivity index (χ1v) is 4.66. The lowest BCUT2D eigenvalue weighted by molar-refractivity contribution is -0.386. The number of aromatic nitrogens is 2. The Hall–Kier alpha value is -1.23. The first kappa shape index (κ1) is 9.33. The number of nitro groups is 1. The standard InChI is InChI=1S/C8H8ClN3O2/c1-4-10-6(5-2-3-5)7(12(13)14)8(9)11-4/h5H,2-3H2,1H3. The summed E-state index contributed by atoms with van der Waals surface area (Å²) in [5.41, 5.74) is 0.368. The third-order valence-corrected chi connectivity index (χ3v) is 2.39. The zero-order chi connectivity index (χ0) is 10.3. The lowest BCUT2D eigenvalue weighted by Gasteiger charge is -2.02. The van der Waals surface area contributed by atoms with Crippen molar-refractivity contribution >= 4 is 17.3 Å². The number of hydrogen-bond donors (Lipinski definition) is 0. The molecule has 0 saturated heterocycles. The maximum Gasteiger partial charge on any atom is 0.328 e. The number of nitrogens with zero attached hydrogens (tertiary/aromatic N) is 3. The predicted molar refractivity (Wildman–Crippen MR) is 50.4 cm³/mol. The molecule has 2 rings (SSSR count). The SMILES string of the molecule is Cc1nc(Cl)c([N+](=O)[O-])c(C2CC2)n1. The van der Waals surface area contributed by atoms with Gasteiger partial charge in [0.25, 0.3) is 0 Å². The molecule has 1 aliphatic carbocycles. The molecule has 1 fully saturated rings. The molecule has 0 spiro atoms. The van der Waals surface area contributed by atoms with Crippen LogP contribution in [0, 0.1) is 17.0 Å². The van der Waals surface area contributed by atoms with Crippen LogP contribution in [0.3, 0.4) is 0 Å². The molecular weight excluding hydrogens is 206 g/mol. The van der Waals surface area contributed by atoms with Crippen LogP contribution in [0.2, 0.25) is 5.15 Å². The van der Waals surface area contributed by atoms with Crippen LogP contribution >= 0.6 is 11.6 Å². The Bertz CT molecular complexity index is 404.